The van der Waals surface area contributed by atoms with Gasteiger partial charge in [-0.1, -0.05) is 49.7 Å². The molecule has 1 saturated heterocycles. The van der Waals surface area contributed by atoms with Crippen LogP contribution < -0.4 is 10.0 Å². The predicted molar refractivity (Wildman–Crippen MR) is 129 cm³/mol. The number of piperidine rings is 1. The van der Waals surface area contributed by atoms with Crippen molar-refractivity contribution in [2.75, 3.05) is 25.0 Å². The van der Waals surface area contributed by atoms with E-state index in [9.17, 15) is 13.2 Å². The first-order valence-corrected chi connectivity index (χ1v) is 12.9. The lowest BCUT2D eigenvalue weighted by Gasteiger charge is -2.36. The van der Waals surface area contributed by atoms with E-state index in [-0.39, 0.29) is 22.8 Å². The van der Waals surface area contributed by atoms with E-state index in [1.54, 1.807) is 24.3 Å². The second kappa shape index (κ2) is 10.6. The molecule has 0 aromatic heterocycles. The van der Waals surface area contributed by atoms with Gasteiger partial charge in [-0.25, -0.2) is 13.1 Å². The maximum atomic E-state index is 13.0. The van der Waals surface area contributed by atoms with Crippen LogP contribution >= 0.6 is 0 Å². The van der Waals surface area contributed by atoms with Gasteiger partial charge >= 0.3 is 0 Å². The zero-order valence-corrected chi connectivity index (χ0v) is 20.3. The summed E-state index contributed by atoms with van der Waals surface area (Å²) >= 11 is 0. The summed E-state index contributed by atoms with van der Waals surface area (Å²) in [4.78, 5) is 15.4. The lowest BCUT2D eigenvalue weighted by atomic mass is 9.97. The van der Waals surface area contributed by atoms with E-state index < -0.39 is 10.0 Å². The maximum absolute atomic E-state index is 13.0. The molecule has 2 N–H and O–H groups in total. The molecule has 0 saturated carbocycles. The first-order chi connectivity index (χ1) is 15.2. The molecular formula is C25H35N3O3S. The lowest BCUT2D eigenvalue weighted by Crippen LogP contribution is -2.49. The van der Waals surface area contributed by atoms with Crippen molar-refractivity contribution in [3.63, 3.8) is 0 Å². The third-order valence-electron chi connectivity index (χ3n) is 6.21. The smallest absolute Gasteiger partial charge is 0.241 e. The Labute approximate surface area is 192 Å². The van der Waals surface area contributed by atoms with Crippen LogP contribution in [0.5, 0.6) is 0 Å². The minimum Gasteiger partial charge on any atom is -0.324 e. The summed E-state index contributed by atoms with van der Waals surface area (Å²) in [7, 11) is -3.53. The largest absolute Gasteiger partial charge is 0.324 e. The molecular weight excluding hydrogens is 422 g/mol. The summed E-state index contributed by atoms with van der Waals surface area (Å²) in [5.41, 5.74) is 3.00. The van der Waals surface area contributed by atoms with E-state index in [0.29, 0.717) is 19.0 Å². The van der Waals surface area contributed by atoms with Crippen molar-refractivity contribution in [3.05, 3.63) is 59.7 Å². The van der Waals surface area contributed by atoms with Gasteiger partial charge in [-0.05, 0) is 68.8 Å². The van der Waals surface area contributed by atoms with Crippen molar-refractivity contribution in [2.45, 2.75) is 57.4 Å². The first-order valence-electron chi connectivity index (χ1n) is 11.4. The Hall–Kier alpha value is -2.22. The molecule has 2 atom stereocenters. The molecule has 1 amide bonds. The molecule has 6 nitrogen and oxygen atoms in total. The van der Waals surface area contributed by atoms with Crippen molar-refractivity contribution in [2.24, 2.45) is 5.92 Å². The minimum absolute atomic E-state index is 0.0287. The number of para-hydroxylation sites is 1. The van der Waals surface area contributed by atoms with Gasteiger partial charge in [0.1, 0.15) is 0 Å². The third kappa shape index (κ3) is 6.18. The van der Waals surface area contributed by atoms with E-state index in [1.807, 2.05) is 38.1 Å². The fourth-order valence-corrected chi connectivity index (χ4v) is 5.28. The summed E-state index contributed by atoms with van der Waals surface area (Å²) < 4.78 is 28.0. The highest BCUT2D eigenvalue weighted by atomic mass is 32.2. The van der Waals surface area contributed by atoms with E-state index in [0.717, 1.165) is 36.2 Å². The average Bonchev–Trinajstić information content (AvgIpc) is 2.78. The van der Waals surface area contributed by atoms with Crippen LogP contribution in [0.25, 0.3) is 0 Å². The molecule has 7 heteroatoms. The molecule has 1 fully saturated rings. The van der Waals surface area contributed by atoms with Crippen LogP contribution in [0.1, 0.15) is 50.7 Å². The quantitative estimate of drug-likeness (QED) is 0.625. The van der Waals surface area contributed by atoms with Crippen LogP contribution in [0.2, 0.25) is 0 Å². The van der Waals surface area contributed by atoms with Gasteiger partial charge in [0.05, 0.1) is 10.9 Å². The lowest BCUT2D eigenvalue weighted by molar-refractivity contribution is -0.121. The Kier molecular flexibility index (Phi) is 8.09. The van der Waals surface area contributed by atoms with Gasteiger partial charge in [0, 0.05) is 18.8 Å². The highest BCUT2D eigenvalue weighted by molar-refractivity contribution is 7.89. The number of hydrogen-bond donors (Lipinski definition) is 2. The van der Waals surface area contributed by atoms with Gasteiger partial charge in [0.2, 0.25) is 15.9 Å². The molecule has 1 aliphatic rings. The molecule has 2 aromatic rings. The van der Waals surface area contributed by atoms with E-state index in [4.69, 9.17) is 0 Å². The second-order valence-corrected chi connectivity index (χ2v) is 10.8. The number of amides is 1. The van der Waals surface area contributed by atoms with Crippen LogP contribution in [0.3, 0.4) is 0 Å². The van der Waals surface area contributed by atoms with Crippen molar-refractivity contribution >= 4 is 21.6 Å². The molecule has 2 unspecified atom stereocenters. The molecule has 1 heterocycles. The van der Waals surface area contributed by atoms with E-state index >= 15 is 0 Å². The summed E-state index contributed by atoms with van der Waals surface area (Å²) in [6, 6.07) is 14.5. The summed E-state index contributed by atoms with van der Waals surface area (Å²) in [6.45, 7) is 9.98. The first kappa shape index (κ1) is 24.4. The normalized spacial score (nSPS) is 18.5. The number of nitrogens with zero attached hydrogens (tertiary/aromatic N) is 1. The molecule has 174 valence electrons. The van der Waals surface area contributed by atoms with Gasteiger partial charge in [-0.2, -0.15) is 0 Å². The Bertz CT molecular complexity index is 1020. The van der Waals surface area contributed by atoms with Gasteiger partial charge in [-0.15, -0.1) is 0 Å². The molecule has 0 bridgehead atoms. The van der Waals surface area contributed by atoms with E-state index in [1.165, 1.54) is 0 Å². The molecule has 0 aliphatic carbocycles. The summed E-state index contributed by atoms with van der Waals surface area (Å²) in [5.74, 6) is 0.462. The van der Waals surface area contributed by atoms with Gasteiger partial charge in [0.25, 0.3) is 0 Å². The van der Waals surface area contributed by atoms with Crippen LogP contribution in [-0.2, 0) is 14.8 Å². The zero-order valence-electron chi connectivity index (χ0n) is 19.5. The predicted octanol–water partition coefficient (Wildman–Crippen LogP) is 4.14. The van der Waals surface area contributed by atoms with Crippen molar-refractivity contribution in [3.8, 4) is 0 Å². The fraction of sp³-hybridized carbons (Fsp3) is 0.480. The Morgan fingerprint density at radius 1 is 1.09 bits per heavy atom. The van der Waals surface area contributed by atoms with E-state index in [2.05, 4.69) is 28.8 Å². The molecule has 0 radical (unpaired) electrons. The number of likely N-dealkylation sites (tertiary alicyclic amines) is 1. The third-order valence-corrected chi connectivity index (χ3v) is 7.65. The van der Waals surface area contributed by atoms with Crippen LogP contribution in [-0.4, -0.2) is 44.9 Å². The number of anilines is 1. The molecule has 0 spiro atoms. The number of carbonyl (C=O) groups excluding carboxylic acids is 1. The molecule has 32 heavy (non-hydrogen) atoms. The van der Waals surface area contributed by atoms with Crippen LogP contribution in [0.15, 0.2) is 53.4 Å². The Morgan fingerprint density at radius 3 is 2.47 bits per heavy atom. The number of hydrogen-bond acceptors (Lipinski definition) is 4. The number of benzene rings is 2. The SMILES string of the molecule is Cc1ccc(S(=O)(=O)NCC2CCCN(C(C)C(=O)Nc3ccccc3C(C)C)C2)cc1. The van der Waals surface area contributed by atoms with Crippen molar-refractivity contribution < 1.29 is 13.2 Å². The molecule has 3 rings (SSSR count). The van der Waals surface area contributed by atoms with Crippen molar-refractivity contribution in [1.29, 1.82) is 0 Å². The maximum Gasteiger partial charge on any atom is 0.241 e. The topological polar surface area (TPSA) is 78.5 Å². The standard InChI is InChI=1S/C25H35N3O3S/c1-18(2)23-9-5-6-10-24(23)27-25(29)20(4)28-15-7-8-21(17-28)16-26-32(30,31)22-13-11-19(3)12-14-22/h5-6,9-14,18,20-21,26H,7-8,15-17H2,1-4H3,(H,27,29). The second-order valence-electron chi connectivity index (χ2n) is 9.08. The summed E-state index contributed by atoms with van der Waals surface area (Å²) in [6.07, 6.45) is 1.88. The highest BCUT2D eigenvalue weighted by Crippen LogP contribution is 2.25. The highest BCUT2D eigenvalue weighted by Gasteiger charge is 2.28. The Balaban J connectivity index is 1.58. The number of sulfonamides is 1. The number of aryl methyl sites for hydroxylation is 1. The summed E-state index contributed by atoms with van der Waals surface area (Å²) in [5, 5.41) is 3.09. The van der Waals surface area contributed by atoms with Crippen LogP contribution in [0.4, 0.5) is 5.69 Å². The van der Waals surface area contributed by atoms with Crippen LogP contribution in [0, 0.1) is 12.8 Å². The number of rotatable bonds is 8. The van der Waals surface area contributed by atoms with Gasteiger partial charge in [-0.3, -0.25) is 9.69 Å². The monoisotopic (exact) mass is 457 g/mol. The van der Waals surface area contributed by atoms with Crippen molar-refractivity contribution in [1.82, 2.24) is 9.62 Å². The van der Waals surface area contributed by atoms with Gasteiger partial charge < -0.3 is 5.32 Å². The Morgan fingerprint density at radius 2 is 1.78 bits per heavy atom. The zero-order chi connectivity index (χ0) is 23.3. The number of carbonyl (C=O) groups is 1. The molecule has 1 aliphatic heterocycles. The fourth-order valence-electron chi connectivity index (χ4n) is 4.16. The average molecular weight is 458 g/mol. The molecule has 2 aromatic carbocycles. The van der Waals surface area contributed by atoms with Gasteiger partial charge in [0.15, 0.2) is 0 Å². The number of nitrogens with one attached hydrogen (secondary N) is 2. The minimum atomic E-state index is -3.53.